The lowest BCUT2D eigenvalue weighted by Crippen LogP contribution is -2.41. The number of carbonyl (C=O) groups excluding carboxylic acids is 1. The Hall–Kier alpha value is -2.21. The molecule has 1 fully saturated rings. The van der Waals surface area contributed by atoms with Gasteiger partial charge in [-0.25, -0.2) is 4.39 Å². The van der Waals surface area contributed by atoms with Crippen LogP contribution in [0.5, 0.6) is 0 Å². The van der Waals surface area contributed by atoms with Crippen LogP contribution in [0.3, 0.4) is 0 Å². The lowest BCUT2D eigenvalue weighted by atomic mass is 9.99. The number of halogens is 1. The number of hydrogen-bond acceptors (Lipinski definition) is 4. The van der Waals surface area contributed by atoms with Crippen LogP contribution in [-0.2, 0) is 17.8 Å². The van der Waals surface area contributed by atoms with E-state index in [2.05, 4.69) is 23.9 Å². The van der Waals surface area contributed by atoms with Crippen LogP contribution < -0.4 is 0 Å². The summed E-state index contributed by atoms with van der Waals surface area (Å²) < 4.78 is 19.6. The Morgan fingerprint density at radius 3 is 2.85 bits per heavy atom. The molecule has 3 heterocycles. The van der Waals surface area contributed by atoms with E-state index >= 15 is 0 Å². The van der Waals surface area contributed by atoms with Crippen molar-refractivity contribution < 1.29 is 13.7 Å². The van der Waals surface area contributed by atoms with E-state index in [-0.39, 0.29) is 17.6 Å². The average Bonchev–Trinajstić information content (AvgIpc) is 3.28. The number of benzene rings is 1. The summed E-state index contributed by atoms with van der Waals surface area (Å²) in [4.78, 5) is 17.2. The summed E-state index contributed by atoms with van der Waals surface area (Å²) in [6.07, 6.45) is 1.54. The Morgan fingerprint density at radius 2 is 2.12 bits per heavy atom. The van der Waals surface area contributed by atoms with Crippen molar-refractivity contribution >= 4 is 5.91 Å². The van der Waals surface area contributed by atoms with E-state index in [1.807, 2.05) is 4.90 Å². The highest BCUT2D eigenvalue weighted by molar-refractivity contribution is 5.80. The van der Waals surface area contributed by atoms with Crippen LogP contribution in [0.2, 0.25) is 0 Å². The molecule has 4 rings (SSSR count). The Morgan fingerprint density at radius 1 is 1.31 bits per heavy atom. The highest BCUT2D eigenvalue weighted by atomic mass is 19.1. The summed E-state index contributed by atoms with van der Waals surface area (Å²) in [7, 11) is 0. The molecule has 5 nitrogen and oxygen atoms in total. The molecule has 1 aromatic carbocycles. The highest BCUT2D eigenvalue weighted by Gasteiger charge is 2.35. The monoisotopic (exact) mass is 357 g/mol. The Balaban J connectivity index is 1.54. The van der Waals surface area contributed by atoms with Gasteiger partial charge in [0.1, 0.15) is 17.3 Å². The topological polar surface area (TPSA) is 49.6 Å². The van der Waals surface area contributed by atoms with Gasteiger partial charge in [0, 0.05) is 36.7 Å². The van der Waals surface area contributed by atoms with Crippen LogP contribution in [0, 0.1) is 11.7 Å². The lowest BCUT2D eigenvalue weighted by Gasteiger charge is -2.29. The van der Waals surface area contributed by atoms with Gasteiger partial charge < -0.3 is 14.3 Å². The maximum Gasteiger partial charge on any atom is 0.227 e. The second-order valence-electron chi connectivity index (χ2n) is 7.50. The van der Waals surface area contributed by atoms with Crippen LogP contribution in [0.4, 0.5) is 4.39 Å². The van der Waals surface area contributed by atoms with Crippen LogP contribution in [-0.4, -0.2) is 46.5 Å². The predicted octanol–water partition coefficient (Wildman–Crippen LogP) is 3.10. The predicted molar refractivity (Wildman–Crippen MR) is 95.8 cm³/mol. The first-order valence-corrected chi connectivity index (χ1v) is 9.29. The summed E-state index contributed by atoms with van der Waals surface area (Å²) >= 11 is 0. The van der Waals surface area contributed by atoms with Crippen molar-refractivity contribution in [2.45, 2.75) is 39.3 Å². The fraction of sp³-hybridized carbons (Fsp3) is 0.500. The van der Waals surface area contributed by atoms with E-state index in [0.29, 0.717) is 36.8 Å². The Labute approximate surface area is 152 Å². The van der Waals surface area contributed by atoms with Gasteiger partial charge in [-0.05, 0) is 38.9 Å². The van der Waals surface area contributed by atoms with Crippen molar-refractivity contribution in [3.05, 3.63) is 41.4 Å². The third kappa shape index (κ3) is 3.03. The van der Waals surface area contributed by atoms with Crippen LogP contribution >= 0.6 is 0 Å². The second-order valence-corrected chi connectivity index (χ2v) is 7.50. The van der Waals surface area contributed by atoms with Gasteiger partial charge in [0.25, 0.3) is 0 Å². The number of aromatic nitrogens is 1. The molecule has 6 heteroatoms. The van der Waals surface area contributed by atoms with E-state index in [9.17, 15) is 9.18 Å². The fourth-order valence-electron chi connectivity index (χ4n) is 3.98. The molecule has 26 heavy (non-hydrogen) atoms. The first-order chi connectivity index (χ1) is 12.5. The number of carbonyl (C=O) groups is 1. The van der Waals surface area contributed by atoms with Gasteiger partial charge in [0.05, 0.1) is 12.5 Å². The van der Waals surface area contributed by atoms with Gasteiger partial charge in [-0.3, -0.25) is 4.79 Å². The van der Waals surface area contributed by atoms with Crippen molar-refractivity contribution in [3.63, 3.8) is 0 Å². The van der Waals surface area contributed by atoms with E-state index in [0.717, 1.165) is 30.8 Å². The number of amides is 1. The molecule has 1 saturated heterocycles. The molecule has 138 valence electrons. The summed E-state index contributed by atoms with van der Waals surface area (Å²) in [5.74, 6) is 0.688. The molecule has 1 unspecified atom stereocenters. The molecule has 0 bridgehead atoms. The molecule has 0 radical (unpaired) electrons. The van der Waals surface area contributed by atoms with E-state index in [4.69, 9.17) is 4.52 Å². The number of fused-ring (bicyclic) bond motifs is 1. The molecule has 0 N–H and O–H groups in total. The quantitative estimate of drug-likeness (QED) is 0.847. The van der Waals surface area contributed by atoms with Crippen LogP contribution in [0.25, 0.3) is 11.3 Å². The molecule has 1 aromatic heterocycles. The minimum atomic E-state index is -0.324. The van der Waals surface area contributed by atoms with Crippen molar-refractivity contribution in [3.8, 4) is 11.3 Å². The Kier molecular flexibility index (Phi) is 4.53. The molecular weight excluding hydrogens is 333 g/mol. The Bertz CT molecular complexity index is 817. The summed E-state index contributed by atoms with van der Waals surface area (Å²) in [5.41, 5.74) is 1.79. The largest absolute Gasteiger partial charge is 0.360 e. The van der Waals surface area contributed by atoms with Crippen molar-refractivity contribution in [1.29, 1.82) is 0 Å². The zero-order valence-electron chi connectivity index (χ0n) is 15.2. The van der Waals surface area contributed by atoms with Gasteiger partial charge >= 0.3 is 0 Å². The fourth-order valence-corrected chi connectivity index (χ4v) is 3.98. The van der Waals surface area contributed by atoms with Gasteiger partial charge in [-0.15, -0.1) is 0 Å². The maximum atomic E-state index is 14.2. The third-order valence-electron chi connectivity index (χ3n) is 5.57. The van der Waals surface area contributed by atoms with Crippen LogP contribution in [0.1, 0.15) is 31.6 Å². The summed E-state index contributed by atoms with van der Waals surface area (Å²) in [6.45, 7) is 7.20. The minimum Gasteiger partial charge on any atom is -0.360 e. The average molecular weight is 357 g/mol. The lowest BCUT2D eigenvalue weighted by molar-refractivity contribution is -0.136. The van der Waals surface area contributed by atoms with Gasteiger partial charge in [0.15, 0.2) is 0 Å². The molecule has 2 aliphatic rings. The normalized spacial score (nSPS) is 20.6. The van der Waals surface area contributed by atoms with Crippen molar-refractivity contribution in [2.75, 3.05) is 19.6 Å². The molecular formula is C20H24FN3O2. The number of hydrogen-bond donors (Lipinski definition) is 0. The smallest absolute Gasteiger partial charge is 0.227 e. The third-order valence-corrected chi connectivity index (χ3v) is 5.57. The standard InChI is InChI=1S/C20H24FN3O2/c1-13(2)23-9-7-14(11-23)20(25)24-10-8-18-16(12-24)19(22-26-18)15-5-3-4-6-17(15)21/h3-6,13-14H,7-12H2,1-2H3. The molecule has 1 amide bonds. The summed E-state index contributed by atoms with van der Waals surface area (Å²) in [6, 6.07) is 7.02. The second kappa shape index (κ2) is 6.83. The first kappa shape index (κ1) is 17.2. The number of likely N-dealkylation sites (tertiary alicyclic amines) is 1. The van der Waals surface area contributed by atoms with Crippen molar-refractivity contribution in [1.82, 2.24) is 15.0 Å². The molecule has 2 aliphatic heterocycles. The molecule has 1 atom stereocenters. The zero-order valence-corrected chi connectivity index (χ0v) is 15.2. The first-order valence-electron chi connectivity index (χ1n) is 9.29. The van der Waals surface area contributed by atoms with E-state index in [1.165, 1.54) is 6.07 Å². The number of rotatable bonds is 3. The van der Waals surface area contributed by atoms with Gasteiger partial charge in [0.2, 0.25) is 5.91 Å². The van der Waals surface area contributed by atoms with E-state index in [1.54, 1.807) is 18.2 Å². The van der Waals surface area contributed by atoms with E-state index < -0.39 is 0 Å². The van der Waals surface area contributed by atoms with Gasteiger partial charge in [-0.2, -0.15) is 0 Å². The van der Waals surface area contributed by atoms with Gasteiger partial charge in [-0.1, -0.05) is 17.3 Å². The number of nitrogens with zero attached hydrogens (tertiary/aromatic N) is 3. The molecule has 0 spiro atoms. The maximum absolute atomic E-state index is 14.2. The summed E-state index contributed by atoms with van der Waals surface area (Å²) in [5, 5.41) is 4.09. The van der Waals surface area contributed by atoms with Crippen LogP contribution in [0.15, 0.2) is 28.8 Å². The van der Waals surface area contributed by atoms with Crippen molar-refractivity contribution in [2.24, 2.45) is 5.92 Å². The molecule has 0 saturated carbocycles. The highest BCUT2D eigenvalue weighted by Crippen LogP contribution is 2.32. The molecule has 2 aromatic rings. The zero-order chi connectivity index (χ0) is 18.3. The minimum absolute atomic E-state index is 0.0516. The SMILES string of the molecule is CC(C)N1CCC(C(=O)N2CCc3onc(-c4ccccc4F)c3C2)C1. The molecule has 0 aliphatic carbocycles.